The maximum Gasteiger partial charge on any atom is 0.416 e. The number of amides is 1. The molecule has 0 bridgehead atoms. The first-order valence-electron chi connectivity index (χ1n) is 9.33. The van der Waals surface area contributed by atoms with E-state index in [0.29, 0.717) is 17.2 Å². The lowest BCUT2D eigenvalue weighted by Gasteiger charge is -2.22. The minimum absolute atomic E-state index is 0.0704. The largest absolute Gasteiger partial charge is 0.441 e. The van der Waals surface area contributed by atoms with Crippen LogP contribution in [0.15, 0.2) is 59.0 Å². The van der Waals surface area contributed by atoms with Crippen LogP contribution in [0.2, 0.25) is 0 Å². The molecule has 1 saturated carbocycles. The average Bonchev–Trinajstić information content (AvgIpc) is 3.47. The first kappa shape index (κ1) is 19.2. The lowest BCUT2D eigenvalue weighted by Crippen LogP contribution is -2.33. The molecule has 150 valence electrons. The summed E-state index contributed by atoms with van der Waals surface area (Å²) < 4.78 is 44.0. The molecular weight excluding hydrogens is 381 g/mol. The third-order valence-electron chi connectivity index (χ3n) is 4.90. The zero-order chi connectivity index (χ0) is 20.6. The Balaban J connectivity index is 1.57. The molecule has 0 atom stereocenters. The maximum atomic E-state index is 13.1. The molecule has 3 aromatic rings. The van der Waals surface area contributed by atoms with Crippen LogP contribution >= 0.6 is 0 Å². The van der Waals surface area contributed by atoms with E-state index in [2.05, 4.69) is 4.98 Å². The van der Waals surface area contributed by atoms with E-state index in [9.17, 15) is 18.0 Å². The maximum absolute atomic E-state index is 13.1. The van der Waals surface area contributed by atoms with E-state index < -0.39 is 11.7 Å². The summed E-state index contributed by atoms with van der Waals surface area (Å²) in [6.45, 7) is 1.92. The quantitative estimate of drug-likeness (QED) is 0.570. The second-order valence-electron chi connectivity index (χ2n) is 7.15. The predicted molar refractivity (Wildman–Crippen MR) is 101 cm³/mol. The highest BCUT2D eigenvalue weighted by Crippen LogP contribution is 2.33. The van der Waals surface area contributed by atoms with E-state index in [4.69, 9.17) is 4.42 Å². The van der Waals surface area contributed by atoms with Gasteiger partial charge in [0, 0.05) is 18.2 Å². The molecule has 0 saturated heterocycles. The number of hydrogen-bond donors (Lipinski definition) is 0. The Morgan fingerprint density at radius 1 is 1.10 bits per heavy atom. The monoisotopic (exact) mass is 400 g/mol. The van der Waals surface area contributed by atoms with Gasteiger partial charge in [0.25, 0.3) is 5.91 Å². The Kier molecular flexibility index (Phi) is 4.90. The van der Waals surface area contributed by atoms with Gasteiger partial charge in [-0.25, -0.2) is 4.98 Å². The van der Waals surface area contributed by atoms with Gasteiger partial charge >= 0.3 is 6.18 Å². The number of aryl methyl sites for hydroxylation is 1. The average molecular weight is 400 g/mol. The van der Waals surface area contributed by atoms with Crippen molar-refractivity contribution in [2.24, 2.45) is 0 Å². The van der Waals surface area contributed by atoms with Crippen LogP contribution in [0.4, 0.5) is 13.2 Å². The molecule has 0 N–H and O–H groups in total. The highest BCUT2D eigenvalue weighted by atomic mass is 19.4. The number of carbonyl (C=O) groups is 1. The number of alkyl halides is 3. The molecule has 1 fully saturated rings. The van der Waals surface area contributed by atoms with Crippen molar-refractivity contribution in [3.63, 3.8) is 0 Å². The third-order valence-corrected chi connectivity index (χ3v) is 4.90. The van der Waals surface area contributed by atoms with E-state index in [0.717, 1.165) is 30.5 Å². The molecule has 1 amide bonds. The zero-order valence-corrected chi connectivity index (χ0v) is 15.7. The Hall–Kier alpha value is -3.09. The van der Waals surface area contributed by atoms with Crippen LogP contribution in [-0.4, -0.2) is 21.8 Å². The van der Waals surface area contributed by atoms with Crippen molar-refractivity contribution in [1.82, 2.24) is 9.88 Å². The van der Waals surface area contributed by atoms with Crippen molar-refractivity contribution in [1.29, 1.82) is 0 Å². The van der Waals surface area contributed by atoms with E-state index >= 15 is 0 Å². The normalized spacial score (nSPS) is 14.1. The molecule has 0 spiro atoms. The minimum atomic E-state index is -4.38. The van der Waals surface area contributed by atoms with Crippen LogP contribution in [0.3, 0.4) is 0 Å². The highest BCUT2D eigenvalue weighted by molar-refractivity contribution is 5.94. The number of rotatable bonds is 5. The van der Waals surface area contributed by atoms with Crippen LogP contribution in [0, 0.1) is 6.92 Å². The summed E-state index contributed by atoms with van der Waals surface area (Å²) >= 11 is 0. The summed E-state index contributed by atoms with van der Waals surface area (Å²) in [6.07, 6.45) is -2.64. The molecule has 4 nitrogen and oxygen atoms in total. The Morgan fingerprint density at radius 2 is 1.76 bits per heavy atom. The summed E-state index contributed by atoms with van der Waals surface area (Å²) in [5.74, 6) is 0.527. The molecular formula is C22H19F3N2O2. The van der Waals surface area contributed by atoms with Gasteiger partial charge in [-0.15, -0.1) is 0 Å². The molecule has 0 radical (unpaired) electrons. The van der Waals surface area contributed by atoms with Gasteiger partial charge in [-0.1, -0.05) is 30.3 Å². The molecule has 0 unspecified atom stereocenters. The summed E-state index contributed by atoms with van der Waals surface area (Å²) in [7, 11) is 0. The Bertz CT molecular complexity index is 1010. The number of nitrogens with zero attached hydrogens (tertiary/aromatic N) is 2. The van der Waals surface area contributed by atoms with Crippen molar-refractivity contribution in [2.75, 3.05) is 0 Å². The smallest absolute Gasteiger partial charge is 0.416 e. The van der Waals surface area contributed by atoms with E-state index in [1.54, 1.807) is 11.8 Å². The number of carbonyl (C=O) groups excluding carboxylic acids is 1. The van der Waals surface area contributed by atoms with Gasteiger partial charge in [0.2, 0.25) is 5.89 Å². The Morgan fingerprint density at radius 3 is 2.34 bits per heavy atom. The number of oxazole rings is 1. The first-order chi connectivity index (χ1) is 13.8. The second-order valence-corrected chi connectivity index (χ2v) is 7.15. The van der Waals surface area contributed by atoms with Crippen molar-refractivity contribution >= 4 is 5.91 Å². The second kappa shape index (κ2) is 7.39. The van der Waals surface area contributed by atoms with Gasteiger partial charge in [0.05, 0.1) is 5.56 Å². The zero-order valence-electron chi connectivity index (χ0n) is 15.7. The van der Waals surface area contributed by atoms with Gasteiger partial charge in [-0.3, -0.25) is 4.79 Å². The predicted octanol–water partition coefficient (Wildman–Crippen LogP) is 5.47. The standard InChI is InChI=1S/C22H19F3N2O2/c1-14-19(26-20(29-14)16-5-3-2-4-6-16)21(28)27(18-11-12-18)13-15-7-9-17(10-8-15)22(23,24)25/h2-10,18H,11-13H2,1H3. The van der Waals surface area contributed by atoms with Gasteiger partial charge in [0.15, 0.2) is 5.69 Å². The summed E-state index contributed by atoms with van der Waals surface area (Å²) in [4.78, 5) is 19.2. The van der Waals surface area contributed by atoms with E-state index in [1.807, 2.05) is 30.3 Å². The summed E-state index contributed by atoms with van der Waals surface area (Å²) in [5, 5.41) is 0. The van der Waals surface area contributed by atoms with Crippen molar-refractivity contribution < 1.29 is 22.4 Å². The number of benzene rings is 2. The lowest BCUT2D eigenvalue weighted by molar-refractivity contribution is -0.137. The van der Waals surface area contributed by atoms with Crippen LogP contribution < -0.4 is 0 Å². The highest BCUT2D eigenvalue weighted by Gasteiger charge is 2.36. The fourth-order valence-corrected chi connectivity index (χ4v) is 3.18. The molecule has 4 rings (SSSR count). The SMILES string of the molecule is Cc1oc(-c2ccccc2)nc1C(=O)N(Cc1ccc(C(F)(F)F)cc1)C1CC1. The minimum Gasteiger partial charge on any atom is -0.441 e. The number of halogens is 3. The number of aromatic nitrogens is 1. The lowest BCUT2D eigenvalue weighted by atomic mass is 10.1. The van der Waals surface area contributed by atoms with Crippen LogP contribution in [0.25, 0.3) is 11.5 Å². The molecule has 7 heteroatoms. The fraction of sp³-hybridized carbons (Fsp3) is 0.273. The fourth-order valence-electron chi connectivity index (χ4n) is 3.18. The molecule has 2 aromatic carbocycles. The third kappa shape index (κ3) is 4.18. The van der Waals surface area contributed by atoms with Gasteiger partial charge < -0.3 is 9.32 Å². The van der Waals surface area contributed by atoms with Gasteiger partial charge in [0.1, 0.15) is 5.76 Å². The molecule has 1 aliphatic carbocycles. The van der Waals surface area contributed by atoms with E-state index in [1.165, 1.54) is 12.1 Å². The van der Waals surface area contributed by atoms with Crippen LogP contribution in [-0.2, 0) is 12.7 Å². The van der Waals surface area contributed by atoms with E-state index in [-0.39, 0.29) is 24.2 Å². The molecule has 1 aromatic heterocycles. The van der Waals surface area contributed by atoms with Crippen LogP contribution in [0.1, 0.15) is 40.2 Å². The topological polar surface area (TPSA) is 46.3 Å². The van der Waals surface area contributed by atoms with Crippen molar-refractivity contribution in [3.8, 4) is 11.5 Å². The number of hydrogen-bond acceptors (Lipinski definition) is 3. The summed E-state index contributed by atoms with van der Waals surface area (Å²) in [5.41, 5.74) is 0.950. The first-order valence-corrected chi connectivity index (χ1v) is 9.33. The molecule has 1 heterocycles. The summed E-state index contributed by atoms with van der Waals surface area (Å²) in [6, 6.07) is 14.3. The molecule has 0 aliphatic heterocycles. The van der Waals surface area contributed by atoms with Crippen LogP contribution in [0.5, 0.6) is 0 Å². The van der Waals surface area contributed by atoms with Gasteiger partial charge in [-0.2, -0.15) is 13.2 Å². The molecule has 29 heavy (non-hydrogen) atoms. The Labute approximate surface area is 166 Å². The van der Waals surface area contributed by atoms with Gasteiger partial charge in [-0.05, 0) is 49.6 Å². The van der Waals surface area contributed by atoms with Crippen molar-refractivity contribution in [3.05, 3.63) is 77.2 Å². The molecule has 1 aliphatic rings. The van der Waals surface area contributed by atoms with Crippen molar-refractivity contribution in [2.45, 2.75) is 38.5 Å².